The first-order valence-electron chi connectivity index (χ1n) is 8.48. The van der Waals surface area contributed by atoms with Gasteiger partial charge in [-0.05, 0) is 62.6 Å². The van der Waals surface area contributed by atoms with Crippen LogP contribution in [0.25, 0.3) is 10.6 Å². The maximum atomic E-state index is 12.5. The van der Waals surface area contributed by atoms with Gasteiger partial charge in [0.1, 0.15) is 10.8 Å². The Kier molecular flexibility index (Phi) is 5.77. The molecular weight excluding hydrogens is 382 g/mol. The maximum Gasteiger partial charge on any atom is 0.266 e. The first-order chi connectivity index (χ1) is 12.8. The Balaban J connectivity index is 1.68. The van der Waals surface area contributed by atoms with E-state index in [0.717, 1.165) is 22.3 Å². The van der Waals surface area contributed by atoms with Gasteiger partial charge < -0.3 is 4.74 Å². The van der Waals surface area contributed by atoms with Gasteiger partial charge in [0.2, 0.25) is 5.13 Å². The van der Waals surface area contributed by atoms with E-state index in [2.05, 4.69) is 21.6 Å². The van der Waals surface area contributed by atoms with Crippen LogP contribution in [0.15, 0.2) is 36.4 Å². The van der Waals surface area contributed by atoms with Crippen LogP contribution in [0.4, 0.5) is 5.13 Å². The summed E-state index contributed by atoms with van der Waals surface area (Å²) >= 11 is 7.20. The molecule has 0 saturated heterocycles. The van der Waals surface area contributed by atoms with Crippen molar-refractivity contribution in [1.82, 2.24) is 10.2 Å². The standard InChI is InChI=1S/C20H20ClN3O2S/c1-11-9-12(2)13(3)17(10-11)26-14(4)18(25)22-20-24-23-19(27-20)15-5-7-16(21)8-6-15/h5-10,14H,1-4H3,(H,22,24,25). The van der Waals surface area contributed by atoms with Crippen LogP contribution in [0.5, 0.6) is 5.75 Å². The van der Waals surface area contributed by atoms with Crippen LogP contribution in [0.1, 0.15) is 23.6 Å². The van der Waals surface area contributed by atoms with Crippen LogP contribution in [0.3, 0.4) is 0 Å². The van der Waals surface area contributed by atoms with E-state index in [9.17, 15) is 4.79 Å². The van der Waals surface area contributed by atoms with Crippen molar-refractivity contribution in [2.45, 2.75) is 33.8 Å². The first-order valence-corrected chi connectivity index (χ1v) is 9.67. The third-order valence-electron chi connectivity index (χ3n) is 4.18. The van der Waals surface area contributed by atoms with Crippen molar-refractivity contribution in [3.05, 3.63) is 58.1 Å². The Hall–Kier alpha value is -2.44. The molecule has 0 aliphatic carbocycles. The zero-order valence-electron chi connectivity index (χ0n) is 15.5. The number of aromatic nitrogens is 2. The minimum Gasteiger partial charge on any atom is -0.481 e. The number of anilines is 1. The van der Waals surface area contributed by atoms with Crippen LogP contribution < -0.4 is 10.1 Å². The summed E-state index contributed by atoms with van der Waals surface area (Å²) in [6, 6.07) is 11.3. The number of hydrogen-bond acceptors (Lipinski definition) is 5. The van der Waals surface area contributed by atoms with E-state index in [4.69, 9.17) is 16.3 Å². The van der Waals surface area contributed by atoms with Crippen LogP contribution in [-0.4, -0.2) is 22.2 Å². The molecule has 0 bridgehead atoms. The molecule has 1 unspecified atom stereocenters. The lowest BCUT2D eigenvalue weighted by molar-refractivity contribution is -0.122. The van der Waals surface area contributed by atoms with Gasteiger partial charge in [0, 0.05) is 10.6 Å². The molecule has 1 aromatic heterocycles. The van der Waals surface area contributed by atoms with Gasteiger partial charge in [0.15, 0.2) is 6.10 Å². The third-order valence-corrected chi connectivity index (χ3v) is 5.32. The molecule has 2 aromatic carbocycles. The third kappa shape index (κ3) is 4.64. The number of ether oxygens (including phenoxy) is 1. The van der Waals surface area contributed by atoms with E-state index in [1.165, 1.54) is 11.3 Å². The molecule has 0 saturated carbocycles. The van der Waals surface area contributed by atoms with Crippen molar-refractivity contribution in [3.8, 4) is 16.3 Å². The number of carbonyl (C=O) groups is 1. The highest BCUT2D eigenvalue weighted by molar-refractivity contribution is 7.18. The Morgan fingerprint density at radius 2 is 1.85 bits per heavy atom. The van der Waals surface area contributed by atoms with E-state index < -0.39 is 6.10 Å². The van der Waals surface area contributed by atoms with Crippen molar-refractivity contribution in [3.63, 3.8) is 0 Å². The Bertz CT molecular complexity index is 970. The van der Waals surface area contributed by atoms with E-state index >= 15 is 0 Å². The maximum absolute atomic E-state index is 12.5. The fraction of sp³-hybridized carbons (Fsp3) is 0.250. The minimum atomic E-state index is -0.659. The lowest BCUT2D eigenvalue weighted by atomic mass is 10.1. The van der Waals surface area contributed by atoms with E-state index in [1.54, 1.807) is 19.1 Å². The van der Waals surface area contributed by atoms with Gasteiger partial charge >= 0.3 is 0 Å². The zero-order chi connectivity index (χ0) is 19.6. The SMILES string of the molecule is Cc1cc(C)c(C)c(OC(C)C(=O)Nc2nnc(-c3ccc(Cl)cc3)s2)c1. The molecule has 1 heterocycles. The quantitative estimate of drug-likeness (QED) is 0.639. The molecule has 1 amide bonds. The summed E-state index contributed by atoms with van der Waals surface area (Å²) in [5.74, 6) is 0.446. The second kappa shape index (κ2) is 8.06. The van der Waals surface area contributed by atoms with E-state index in [0.29, 0.717) is 20.9 Å². The molecule has 0 fully saturated rings. The monoisotopic (exact) mass is 401 g/mol. The van der Waals surface area contributed by atoms with E-state index in [-0.39, 0.29) is 5.91 Å². The van der Waals surface area contributed by atoms with Crippen molar-refractivity contribution >= 4 is 34.0 Å². The molecule has 3 rings (SSSR count). The summed E-state index contributed by atoms with van der Waals surface area (Å²) in [6.07, 6.45) is -0.659. The average Bonchev–Trinajstić information content (AvgIpc) is 3.08. The smallest absolute Gasteiger partial charge is 0.266 e. The topological polar surface area (TPSA) is 64.1 Å². The molecule has 1 atom stereocenters. The van der Waals surface area contributed by atoms with Gasteiger partial charge in [0.05, 0.1) is 0 Å². The molecule has 0 aliphatic heterocycles. The van der Waals surface area contributed by atoms with Gasteiger partial charge in [-0.15, -0.1) is 10.2 Å². The van der Waals surface area contributed by atoms with Crippen LogP contribution >= 0.6 is 22.9 Å². The summed E-state index contributed by atoms with van der Waals surface area (Å²) in [5, 5.41) is 12.7. The summed E-state index contributed by atoms with van der Waals surface area (Å²) in [4.78, 5) is 12.5. The molecule has 0 spiro atoms. The number of nitrogens with one attached hydrogen (secondary N) is 1. The molecule has 7 heteroatoms. The van der Waals surface area contributed by atoms with Gasteiger partial charge in [0.25, 0.3) is 5.91 Å². The minimum absolute atomic E-state index is 0.271. The second-order valence-electron chi connectivity index (χ2n) is 6.37. The predicted molar refractivity (Wildman–Crippen MR) is 110 cm³/mol. The lowest BCUT2D eigenvalue weighted by Crippen LogP contribution is -2.30. The lowest BCUT2D eigenvalue weighted by Gasteiger charge is -2.17. The fourth-order valence-electron chi connectivity index (χ4n) is 2.56. The number of benzene rings is 2. The van der Waals surface area contributed by atoms with E-state index in [1.807, 2.05) is 39.0 Å². The Labute approximate surface area is 167 Å². The van der Waals surface area contributed by atoms with Crippen LogP contribution in [0.2, 0.25) is 5.02 Å². The molecule has 1 N–H and O–H groups in total. The molecule has 0 aliphatic rings. The number of nitrogens with zero attached hydrogens (tertiary/aromatic N) is 2. The van der Waals surface area contributed by atoms with Gasteiger partial charge in [-0.25, -0.2) is 0 Å². The molecule has 27 heavy (non-hydrogen) atoms. The van der Waals surface area contributed by atoms with Crippen molar-refractivity contribution in [2.24, 2.45) is 0 Å². The van der Waals surface area contributed by atoms with Gasteiger partial charge in [-0.1, -0.05) is 41.1 Å². The highest BCUT2D eigenvalue weighted by atomic mass is 35.5. The summed E-state index contributed by atoms with van der Waals surface area (Å²) in [5.41, 5.74) is 4.15. The fourth-order valence-corrected chi connectivity index (χ4v) is 3.44. The Morgan fingerprint density at radius 3 is 2.56 bits per heavy atom. The number of carbonyl (C=O) groups excluding carboxylic acids is 1. The van der Waals surface area contributed by atoms with Gasteiger partial charge in [-0.2, -0.15) is 0 Å². The number of amides is 1. The number of halogens is 1. The molecule has 0 radical (unpaired) electrons. The van der Waals surface area contributed by atoms with Crippen LogP contribution in [0, 0.1) is 20.8 Å². The second-order valence-corrected chi connectivity index (χ2v) is 7.79. The Morgan fingerprint density at radius 1 is 1.15 bits per heavy atom. The van der Waals surface area contributed by atoms with Gasteiger partial charge in [-0.3, -0.25) is 10.1 Å². The zero-order valence-corrected chi connectivity index (χ0v) is 17.1. The number of rotatable bonds is 5. The highest BCUT2D eigenvalue weighted by Gasteiger charge is 2.18. The molecular formula is C20H20ClN3O2S. The summed E-state index contributed by atoms with van der Waals surface area (Å²) in [7, 11) is 0. The summed E-state index contributed by atoms with van der Waals surface area (Å²) < 4.78 is 5.88. The molecule has 140 valence electrons. The van der Waals surface area contributed by atoms with Crippen LogP contribution in [-0.2, 0) is 4.79 Å². The first kappa shape index (κ1) is 19.3. The van der Waals surface area contributed by atoms with Crippen molar-refractivity contribution in [2.75, 3.05) is 5.32 Å². The largest absolute Gasteiger partial charge is 0.481 e. The number of hydrogen-bond donors (Lipinski definition) is 1. The predicted octanol–water partition coefficient (Wildman–Crippen LogP) is 5.19. The molecule has 3 aromatic rings. The molecule has 5 nitrogen and oxygen atoms in total. The highest BCUT2D eigenvalue weighted by Crippen LogP contribution is 2.28. The number of aryl methyl sites for hydroxylation is 2. The average molecular weight is 402 g/mol. The normalized spacial score (nSPS) is 11.9. The van der Waals surface area contributed by atoms with Crippen molar-refractivity contribution in [1.29, 1.82) is 0 Å². The van der Waals surface area contributed by atoms with Crippen molar-refractivity contribution < 1.29 is 9.53 Å². The summed E-state index contributed by atoms with van der Waals surface area (Å²) in [6.45, 7) is 7.73.